The van der Waals surface area contributed by atoms with Crippen LogP contribution in [0.3, 0.4) is 0 Å². The largest absolute Gasteiger partial charge is 0.457 e. The van der Waals surface area contributed by atoms with E-state index < -0.39 is 41.5 Å². The van der Waals surface area contributed by atoms with E-state index in [2.05, 4.69) is 21.3 Å². The number of rotatable bonds is 17. The van der Waals surface area contributed by atoms with Gasteiger partial charge in [-0.25, -0.2) is 4.79 Å². The van der Waals surface area contributed by atoms with E-state index in [-0.39, 0.29) is 121 Å². The summed E-state index contributed by atoms with van der Waals surface area (Å²) >= 11 is 0. The smallest absolute Gasteiger partial charge is 0.339 e. The van der Waals surface area contributed by atoms with Gasteiger partial charge in [0.1, 0.15) is 6.61 Å². The summed E-state index contributed by atoms with van der Waals surface area (Å²) in [7, 11) is 0. The van der Waals surface area contributed by atoms with Crippen molar-refractivity contribution in [2.24, 2.45) is 23.7 Å². The van der Waals surface area contributed by atoms with Crippen LogP contribution in [0.5, 0.6) is 0 Å². The van der Waals surface area contributed by atoms with Crippen molar-refractivity contribution in [2.45, 2.75) is 80.1 Å². The van der Waals surface area contributed by atoms with E-state index in [4.69, 9.17) is 4.74 Å². The van der Waals surface area contributed by atoms with Crippen LogP contribution in [0, 0.1) is 23.7 Å². The Bertz CT molecular complexity index is 3090. The molecule has 12 rings (SSSR count). The molecule has 2 saturated heterocycles. The van der Waals surface area contributed by atoms with Gasteiger partial charge in [-0.3, -0.25) is 28.8 Å². The summed E-state index contributed by atoms with van der Waals surface area (Å²) in [6.07, 6.45) is 3.04. The van der Waals surface area contributed by atoms with Crippen molar-refractivity contribution in [3.8, 4) is 0 Å². The Hall–Kier alpha value is -8.39. The van der Waals surface area contributed by atoms with Gasteiger partial charge in [-0.1, -0.05) is 152 Å². The lowest BCUT2D eigenvalue weighted by molar-refractivity contribution is -0.133. The van der Waals surface area contributed by atoms with E-state index in [1.54, 1.807) is 12.1 Å². The van der Waals surface area contributed by atoms with Gasteiger partial charge in [0.05, 0.1) is 34.8 Å². The van der Waals surface area contributed by atoms with Crippen molar-refractivity contribution in [1.82, 2.24) is 31.1 Å². The molecule has 4 N–H and O–H groups in total. The van der Waals surface area contributed by atoms with E-state index in [0.29, 0.717) is 5.56 Å². The van der Waals surface area contributed by atoms with Crippen LogP contribution >= 0.6 is 0 Å². The molecule has 6 aromatic rings. The molecule has 0 unspecified atom stereocenters. The Morgan fingerprint density at radius 3 is 1.05 bits per heavy atom. The molecule has 2 heterocycles. The first-order chi connectivity index (χ1) is 38.0. The maximum atomic E-state index is 15.0. The lowest BCUT2D eigenvalue weighted by Gasteiger charge is -2.20. The first-order valence-electron chi connectivity index (χ1n) is 27.4. The van der Waals surface area contributed by atoms with Crippen molar-refractivity contribution >= 4 is 41.4 Å². The number of carbonyl (C=O) groups excluding carboxylic acids is 7. The van der Waals surface area contributed by atoms with Gasteiger partial charge in [-0.2, -0.15) is 0 Å². The third kappa shape index (κ3) is 10.9. The zero-order valence-electron chi connectivity index (χ0n) is 43.1. The highest BCUT2D eigenvalue weighted by Crippen LogP contribution is 2.45. The molecule has 14 nitrogen and oxygen atoms in total. The van der Waals surface area contributed by atoms with Crippen LogP contribution in [0.1, 0.15) is 108 Å². The number of carbonyl (C=O) groups is 7. The van der Waals surface area contributed by atoms with Crippen LogP contribution in [0.4, 0.5) is 0 Å². The predicted octanol–water partition coefficient (Wildman–Crippen LogP) is 7.11. The molecule has 14 heteroatoms. The van der Waals surface area contributed by atoms with Gasteiger partial charge < -0.3 is 35.8 Å². The minimum Gasteiger partial charge on any atom is -0.457 e. The summed E-state index contributed by atoms with van der Waals surface area (Å²) in [4.78, 5) is 104. The number of benzene rings is 6. The van der Waals surface area contributed by atoms with Crippen LogP contribution in [0.2, 0.25) is 0 Å². The lowest BCUT2D eigenvalue weighted by atomic mass is 9.94. The molecule has 0 bridgehead atoms. The van der Waals surface area contributed by atoms with Gasteiger partial charge in [-0.05, 0) is 71.7 Å². The normalized spacial score (nSPS) is 27.2. The summed E-state index contributed by atoms with van der Waals surface area (Å²) in [5, 5.41) is 12.7. The Balaban J connectivity index is 0.793. The molecule has 0 radical (unpaired) electrons. The van der Waals surface area contributed by atoms with Crippen molar-refractivity contribution in [3.05, 3.63) is 214 Å². The van der Waals surface area contributed by atoms with Gasteiger partial charge in [0.15, 0.2) is 0 Å². The van der Waals surface area contributed by atoms with E-state index in [1.807, 2.05) is 140 Å². The molecule has 6 amide bonds. The molecule has 396 valence electrons. The molecule has 6 aromatic carbocycles. The maximum absolute atomic E-state index is 15.0. The monoisotopic (exact) mass is 1040 g/mol. The highest BCUT2D eigenvalue weighted by molar-refractivity contribution is 6.08. The number of amides is 6. The molecule has 0 spiro atoms. The molecule has 6 fully saturated rings. The van der Waals surface area contributed by atoms with Crippen molar-refractivity contribution < 1.29 is 38.3 Å². The second kappa shape index (κ2) is 21.6. The molecule has 0 aromatic heterocycles. The molecule has 6 aliphatic rings. The van der Waals surface area contributed by atoms with Crippen molar-refractivity contribution in [1.29, 1.82) is 0 Å². The summed E-state index contributed by atoms with van der Waals surface area (Å²) in [5.41, 5.74) is 5.01. The zero-order valence-corrected chi connectivity index (χ0v) is 43.1. The maximum Gasteiger partial charge on any atom is 0.339 e. The second-order valence-electron chi connectivity index (χ2n) is 22.1. The van der Waals surface area contributed by atoms with Crippen LogP contribution in [0.25, 0.3) is 0 Å². The lowest BCUT2D eigenvalue weighted by Crippen LogP contribution is -2.43. The fourth-order valence-electron chi connectivity index (χ4n) is 12.0. The topological polar surface area (TPSA) is 183 Å². The van der Waals surface area contributed by atoms with E-state index in [9.17, 15) is 33.6 Å². The van der Waals surface area contributed by atoms with Crippen molar-refractivity contribution in [2.75, 3.05) is 26.2 Å². The van der Waals surface area contributed by atoms with E-state index >= 15 is 0 Å². The van der Waals surface area contributed by atoms with Crippen LogP contribution in [-0.2, 0) is 30.5 Å². The summed E-state index contributed by atoms with van der Waals surface area (Å²) in [6.45, 7) is -0.384. The van der Waals surface area contributed by atoms with Gasteiger partial charge in [0.25, 0.3) is 11.8 Å². The summed E-state index contributed by atoms with van der Waals surface area (Å²) in [6, 6.07) is 52.7. The first kappa shape index (κ1) is 50.4. The van der Waals surface area contributed by atoms with E-state index in [1.165, 1.54) is 28.0 Å². The molecular weight excluding hydrogens is 981 g/mol. The average Bonchev–Trinajstić information content (AvgIpc) is 4.46. The molecule has 2 aliphatic heterocycles. The van der Waals surface area contributed by atoms with Gasteiger partial charge in [0, 0.05) is 79.6 Å². The van der Waals surface area contributed by atoms with Crippen LogP contribution < -0.4 is 21.3 Å². The number of hydrogen-bond acceptors (Lipinski definition) is 8. The SMILES string of the molecule is O=C(OCc1ccccc1)c1cc(C(=O)N2C[C@@H](C(=O)N[C@H]3C[C@@H]3c3ccccc3)[C@H](C(=O)N[C@H]3C[C@@H]3c3ccccc3)C2)ccc1C(=O)N1C[C@@H](C(=O)N[C@H]2C[C@@H]2c2ccccc2)[C@H](C(=O)N[C@H]2C[C@@H]2c2ccccc2)C1. The quantitative estimate of drug-likeness (QED) is 0.0698. The van der Waals surface area contributed by atoms with Crippen molar-refractivity contribution in [3.63, 3.8) is 0 Å². The van der Waals surface area contributed by atoms with Gasteiger partial charge in [0.2, 0.25) is 23.6 Å². The third-order valence-electron chi connectivity index (χ3n) is 16.9. The van der Waals surface area contributed by atoms with Gasteiger partial charge >= 0.3 is 5.97 Å². The Labute approximate surface area is 453 Å². The number of hydrogen-bond donors (Lipinski definition) is 4. The van der Waals surface area contributed by atoms with Crippen LogP contribution in [0.15, 0.2) is 170 Å². The number of ether oxygens (including phenoxy) is 1. The molecule has 4 aliphatic carbocycles. The van der Waals surface area contributed by atoms with Gasteiger partial charge in [-0.15, -0.1) is 0 Å². The molecule has 12 atom stereocenters. The first-order valence-corrected chi connectivity index (χ1v) is 27.4. The Morgan fingerprint density at radius 1 is 0.385 bits per heavy atom. The standard InChI is InChI=1S/C64H62N6O8/c71-58(65-54-29-45(54)39-18-8-2-9-19-39)50-33-69(34-51(50)59(72)66-55-30-46(55)40-20-10-3-11-21-40)62(75)43-26-27-44(49(28-43)64(77)78-37-38-16-6-1-7-17-38)63(76)70-35-52(60(73)67-56-31-47(56)41-22-12-4-13-23-41)53(36-70)61(74)68-57-32-48(57)42-24-14-5-15-25-42/h1-28,45-48,50-57H,29-37H2,(H,65,71)(H,66,72)(H,67,73)(H,68,74)/t45-,46-,47-,48-,50-,51-,52-,53-,54+,55+,56+,57+/m1/s1. The highest BCUT2D eigenvalue weighted by atomic mass is 16.5. The minimum atomic E-state index is -0.882. The number of nitrogens with zero attached hydrogens (tertiary/aromatic N) is 2. The molecule has 78 heavy (non-hydrogen) atoms. The Morgan fingerprint density at radius 2 is 0.705 bits per heavy atom. The van der Waals surface area contributed by atoms with E-state index in [0.717, 1.165) is 47.9 Å². The summed E-state index contributed by atoms with van der Waals surface area (Å²) in [5.74, 6) is -6.12. The fourth-order valence-corrected chi connectivity index (χ4v) is 12.0. The number of likely N-dealkylation sites (tertiary alicyclic amines) is 2. The zero-order chi connectivity index (χ0) is 53.4. The average molecular weight is 1040 g/mol. The predicted molar refractivity (Wildman–Crippen MR) is 291 cm³/mol. The molecule has 4 saturated carbocycles. The summed E-state index contributed by atoms with van der Waals surface area (Å²) < 4.78 is 5.84. The highest BCUT2D eigenvalue weighted by Gasteiger charge is 2.51. The molecular formula is C64H62N6O8. The number of esters is 1. The minimum absolute atomic E-state index is 0.0483. The number of nitrogens with one attached hydrogen (secondary N) is 4. The second-order valence-corrected chi connectivity index (χ2v) is 22.1. The van der Waals surface area contributed by atoms with Crippen LogP contribution in [-0.4, -0.2) is 102 Å². The fraction of sp³-hybridized carbons (Fsp3) is 0.328. The third-order valence-corrected chi connectivity index (χ3v) is 16.9. The Kier molecular flexibility index (Phi) is 13.9.